The number of morpholine rings is 1. The number of hydrogen-bond donors (Lipinski definition) is 1. The van der Waals surface area contributed by atoms with Gasteiger partial charge in [0.15, 0.2) is 0 Å². The molecule has 2 aliphatic heterocycles. The second-order valence-corrected chi connectivity index (χ2v) is 10.6. The van der Waals surface area contributed by atoms with Gasteiger partial charge in [-0.3, -0.25) is 9.59 Å². The number of likely N-dealkylation sites (tertiary alicyclic amines) is 1. The molecule has 1 aromatic heterocycles. The van der Waals surface area contributed by atoms with Crippen LogP contribution in [0, 0.1) is 0 Å². The lowest BCUT2D eigenvalue weighted by Crippen LogP contribution is -2.58. The van der Waals surface area contributed by atoms with Gasteiger partial charge in [-0.15, -0.1) is 11.3 Å². The molecule has 2 saturated heterocycles. The lowest BCUT2D eigenvalue weighted by atomic mass is 9.89. The van der Waals surface area contributed by atoms with Gasteiger partial charge in [0.1, 0.15) is 11.4 Å². The van der Waals surface area contributed by atoms with Crippen molar-refractivity contribution in [3.63, 3.8) is 0 Å². The Labute approximate surface area is 210 Å². The number of amides is 1. The van der Waals surface area contributed by atoms with E-state index in [-0.39, 0.29) is 24.5 Å². The number of carboxylic acid groups (broad SMARTS) is 1. The summed E-state index contributed by atoms with van der Waals surface area (Å²) in [5, 5.41) is 11.6. The first kappa shape index (κ1) is 25.6. The average molecular weight is 502 g/mol. The fourth-order valence-corrected chi connectivity index (χ4v) is 5.42. The molecule has 0 bridgehead atoms. The standard InChI is InChI=1S/C26H35N3O5S/c1-19(2)24-27-22(17-35-24)25(32)29-14-16-34-26(18-29)9-12-28(13-10-26)11-7-20-3-5-21(6-4-20)33-15-8-23(30)31/h3-6,17,19H,7-16,18H2,1-2H3,(H,30,31). The van der Waals surface area contributed by atoms with Crippen LogP contribution in [0.25, 0.3) is 0 Å². The summed E-state index contributed by atoms with van der Waals surface area (Å²) in [5.41, 5.74) is 1.54. The number of rotatable bonds is 9. The summed E-state index contributed by atoms with van der Waals surface area (Å²) in [4.78, 5) is 32.6. The molecular formula is C26H35N3O5S. The van der Waals surface area contributed by atoms with Crippen LogP contribution in [0.1, 0.15) is 60.1 Å². The molecule has 3 heterocycles. The van der Waals surface area contributed by atoms with E-state index in [4.69, 9.17) is 14.6 Å². The number of benzene rings is 1. The molecule has 0 atom stereocenters. The fourth-order valence-electron chi connectivity index (χ4n) is 4.61. The third kappa shape index (κ3) is 6.80. The number of ether oxygens (including phenoxy) is 2. The number of aromatic nitrogens is 1. The Morgan fingerprint density at radius 3 is 2.60 bits per heavy atom. The van der Waals surface area contributed by atoms with Gasteiger partial charge in [0.25, 0.3) is 5.91 Å². The van der Waals surface area contributed by atoms with Gasteiger partial charge in [0, 0.05) is 37.5 Å². The maximum absolute atomic E-state index is 13.1. The summed E-state index contributed by atoms with van der Waals surface area (Å²) in [6, 6.07) is 7.88. The van der Waals surface area contributed by atoms with Gasteiger partial charge in [0.2, 0.25) is 0 Å². The molecule has 0 aliphatic carbocycles. The topological polar surface area (TPSA) is 92.2 Å². The van der Waals surface area contributed by atoms with Crippen molar-refractivity contribution >= 4 is 23.2 Å². The Hall–Kier alpha value is -2.49. The molecular weight excluding hydrogens is 466 g/mol. The summed E-state index contributed by atoms with van der Waals surface area (Å²) in [6.45, 7) is 9.07. The highest BCUT2D eigenvalue weighted by molar-refractivity contribution is 7.09. The largest absolute Gasteiger partial charge is 0.493 e. The molecule has 1 spiro atoms. The smallest absolute Gasteiger partial charge is 0.306 e. The molecule has 8 nitrogen and oxygen atoms in total. The lowest BCUT2D eigenvalue weighted by Gasteiger charge is -2.47. The van der Waals surface area contributed by atoms with Crippen molar-refractivity contribution in [3.05, 3.63) is 45.9 Å². The first-order valence-electron chi connectivity index (χ1n) is 12.4. The van der Waals surface area contributed by atoms with E-state index in [0.717, 1.165) is 43.9 Å². The maximum atomic E-state index is 13.1. The third-order valence-electron chi connectivity index (χ3n) is 6.76. The molecule has 190 valence electrons. The zero-order valence-electron chi connectivity index (χ0n) is 20.6. The molecule has 9 heteroatoms. The van der Waals surface area contributed by atoms with Crippen molar-refractivity contribution in [2.45, 2.75) is 51.0 Å². The molecule has 1 aromatic carbocycles. The van der Waals surface area contributed by atoms with Gasteiger partial charge in [0.05, 0.1) is 36.8 Å². The van der Waals surface area contributed by atoms with Crippen LogP contribution < -0.4 is 4.74 Å². The first-order valence-corrected chi connectivity index (χ1v) is 13.3. The minimum Gasteiger partial charge on any atom is -0.493 e. The quantitative estimate of drug-likeness (QED) is 0.560. The second kappa shape index (κ2) is 11.5. The van der Waals surface area contributed by atoms with Crippen molar-refractivity contribution in [2.75, 3.05) is 45.9 Å². The van der Waals surface area contributed by atoms with Crippen LogP contribution in [-0.4, -0.2) is 83.3 Å². The SMILES string of the molecule is CC(C)c1nc(C(=O)N2CCOC3(CCN(CCc4ccc(OCCC(=O)O)cc4)CC3)C2)cs1. The van der Waals surface area contributed by atoms with E-state index in [0.29, 0.717) is 37.1 Å². The number of carbonyl (C=O) groups is 2. The molecule has 0 radical (unpaired) electrons. The molecule has 1 N–H and O–H groups in total. The molecule has 0 unspecified atom stereocenters. The van der Waals surface area contributed by atoms with E-state index in [1.807, 2.05) is 34.5 Å². The Kier molecular flexibility index (Phi) is 8.41. The van der Waals surface area contributed by atoms with E-state index in [9.17, 15) is 9.59 Å². The van der Waals surface area contributed by atoms with Crippen LogP contribution in [-0.2, 0) is 16.0 Å². The molecule has 2 aromatic rings. The van der Waals surface area contributed by atoms with Gasteiger partial charge >= 0.3 is 5.97 Å². The monoisotopic (exact) mass is 501 g/mol. The lowest BCUT2D eigenvalue weighted by molar-refractivity contribution is -0.137. The van der Waals surface area contributed by atoms with Crippen LogP contribution in [0.15, 0.2) is 29.6 Å². The van der Waals surface area contributed by atoms with Crippen molar-refractivity contribution in [1.29, 1.82) is 0 Å². The minimum atomic E-state index is -0.859. The number of carbonyl (C=O) groups excluding carboxylic acids is 1. The Morgan fingerprint density at radius 2 is 1.94 bits per heavy atom. The van der Waals surface area contributed by atoms with Crippen molar-refractivity contribution in [2.24, 2.45) is 0 Å². The zero-order valence-corrected chi connectivity index (χ0v) is 21.4. The number of aliphatic carboxylic acids is 1. The molecule has 4 rings (SSSR count). The van der Waals surface area contributed by atoms with Crippen LogP contribution >= 0.6 is 11.3 Å². The second-order valence-electron chi connectivity index (χ2n) is 9.71. The van der Waals surface area contributed by atoms with Gasteiger partial charge in [-0.25, -0.2) is 4.98 Å². The van der Waals surface area contributed by atoms with Crippen molar-refractivity contribution in [3.8, 4) is 5.75 Å². The average Bonchev–Trinajstić information content (AvgIpc) is 3.35. The number of nitrogens with zero attached hydrogens (tertiary/aromatic N) is 3. The maximum Gasteiger partial charge on any atom is 0.306 e. The van der Waals surface area contributed by atoms with E-state index in [2.05, 4.69) is 23.7 Å². The zero-order chi connectivity index (χ0) is 24.8. The van der Waals surface area contributed by atoms with Crippen LogP contribution in [0.3, 0.4) is 0 Å². The van der Waals surface area contributed by atoms with E-state index in [1.165, 1.54) is 5.56 Å². The summed E-state index contributed by atoms with van der Waals surface area (Å²) in [7, 11) is 0. The van der Waals surface area contributed by atoms with Gasteiger partial charge in [-0.2, -0.15) is 0 Å². The Morgan fingerprint density at radius 1 is 1.20 bits per heavy atom. The van der Waals surface area contributed by atoms with Crippen molar-refractivity contribution < 1.29 is 24.2 Å². The van der Waals surface area contributed by atoms with Crippen LogP contribution in [0.5, 0.6) is 5.75 Å². The van der Waals surface area contributed by atoms with Crippen LogP contribution in [0.4, 0.5) is 0 Å². The highest BCUT2D eigenvalue weighted by Gasteiger charge is 2.41. The van der Waals surface area contributed by atoms with E-state index >= 15 is 0 Å². The normalized spacial score (nSPS) is 18.2. The summed E-state index contributed by atoms with van der Waals surface area (Å²) >= 11 is 1.56. The molecule has 2 fully saturated rings. The fraction of sp³-hybridized carbons (Fsp3) is 0.577. The predicted molar refractivity (Wildman–Crippen MR) is 134 cm³/mol. The van der Waals surface area contributed by atoms with Gasteiger partial charge in [-0.1, -0.05) is 26.0 Å². The Balaban J connectivity index is 1.23. The molecule has 1 amide bonds. The summed E-state index contributed by atoms with van der Waals surface area (Å²) < 4.78 is 11.7. The highest BCUT2D eigenvalue weighted by atomic mass is 32.1. The minimum absolute atomic E-state index is 0.00221. The molecule has 0 saturated carbocycles. The Bertz CT molecular complexity index is 999. The van der Waals surface area contributed by atoms with Gasteiger partial charge < -0.3 is 24.4 Å². The predicted octanol–water partition coefficient (Wildman–Crippen LogP) is 3.67. The van der Waals surface area contributed by atoms with Crippen molar-refractivity contribution in [1.82, 2.24) is 14.8 Å². The molecule has 2 aliphatic rings. The van der Waals surface area contributed by atoms with E-state index in [1.54, 1.807) is 11.3 Å². The summed E-state index contributed by atoms with van der Waals surface area (Å²) in [6.07, 6.45) is 2.77. The number of carboxylic acids is 1. The third-order valence-corrected chi connectivity index (χ3v) is 7.91. The number of hydrogen-bond acceptors (Lipinski definition) is 7. The van der Waals surface area contributed by atoms with Crippen LogP contribution in [0.2, 0.25) is 0 Å². The highest BCUT2D eigenvalue weighted by Crippen LogP contribution is 2.31. The number of piperidine rings is 1. The van der Waals surface area contributed by atoms with Gasteiger partial charge in [-0.05, 0) is 37.0 Å². The molecule has 35 heavy (non-hydrogen) atoms. The summed E-state index contributed by atoms with van der Waals surface area (Å²) in [5.74, 6) is 0.190. The first-order chi connectivity index (χ1) is 16.8. The number of thiazole rings is 1. The van der Waals surface area contributed by atoms with E-state index < -0.39 is 5.97 Å².